The average molecular weight is 270 g/mol. The topological polar surface area (TPSA) is 53.0 Å². The molecule has 0 spiro atoms. The van der Waals surface area contributed by atoms with Gasteiger partial charge in [-0.15, -0.1) is 0 Å². The van der Waals surface area contributed by atoms with Gasteiger partial charge >= 0.3 is 0 Å². The van der Waals surface area contributed by atoms with Crippen LogP contribution < -0.4 is 0 Å². The van der Waals surface area contributed by atoms with Crippen molar-refractivity contribution in [3.8, 4) is 0 Å². The molecule has 1 aliphatic heterocycles. The smallest absolute Gasteiger partial charge is 0.237 e. The normalized spacial score (nSPS) is 29.2. The van der Waals surface area contributed by atoms with Crippen LogP contribution in [0, 0.1) is 0 Å². The Balaban J connectivity index is 1.93. The third-order valence-electron chi connectivity index (χ3n) is 4.45. The summed E-state index contributed by atoms with van der Waals surface area (Å²) in [4.78, 5) is 16.4. The van der Waals surface area contributed by atoms with E-state index in [2.05, 4.69) is 0 Å². The van der Waals surface area contributed by atoms with Gasteiger partial charge in [-0.1, -0.05) is 12.8 Å². The lowest BCUT2D eigenvalue weighted by Crippen LogP contribution is -2.57. The van der Waals surface area contributed by atoms with E-state index in [-0.39, 0.29) is 30.7 Å². The summed E-state index contributed by atoms with van der Waals surface area (Å²) in [6.07, 6.45) is 4.79. The quantitative estimate of drug-likeness (QED) is 0.807. The predicted molar refractivity (Wildman–Crippen MR) is 72.9 cm³/mol. The van der Waals surface area contributed by atoms with Crippen LogP contribution >= 0.6 is 0 Å². The van der Waals surface area contributed by atoms with E-state index in [1.54, 1.807) is 0 Å². The minimum absolute atomic E-state index is 0.0205. The second-order valence-electron chi connectivity index (χ2n) is 5.79. The first-order valence-electron chi connectivity index (χ1n) is 7.35. The third kappa shape index (κ3) is 3.46. The van der Waals surface area contributed by atoms with Gasteiger partial charge in [-0.05, 0) is 26.8 Å². The maximum Gasteiger partial charge on any atom is 0.237 e. The van der Waals surface area contributed by atoms with Crippen LogP contribution in [0.5, 0.6) is 0 Å². The number of aliphatic hydroxyl groups excluding tert-OH is 1. The summed E-state index contributed by atoms with van der Waals surface area (Å²) in [6, 6.07) is 0.292. The van der Waals surface area contributed by atoms with Crippen molar-refractivity contribution in [1.82, 2.24) is 9.80 Å². The highest BCUT2D eigenvalue weighted by atomic mass is 16.5. The first-order valence-corrected chi connectivity index (χ1v) is 7.35. The minimum Gasteiger partial charge on any atom is -0.395 e. The van der Waals surface area contributed by atoms with E-state index in [1.165, 1.54) is 12.8 Å². The molecule has 1 N–H and O–H groups in total. The molecule has 1 saturated heterocycles. The molecule has 3 unspecified atom stereocenters. The molecule has 5 nitrogen and oxygen atoms in total. The summed E-state index contributed by atoms with van der Waals surface area (Å²) >= 11 is 0. The van der Waals surface area contributed by atoms with Crippen molar-refractivity contribution < 1.29 is 14.6 Å². The lowest BCUT2D eigenvalue weighted by atomic mass is 9.90. The molecule has 2 rings (SSSR count). The largest absolute Gasteiger partial charge is 0.395 e. The van der Waals surface area contributed by atoms with E-state index in [0.29, 0.717) is 19.7 Å². The van der Waals surface area contributed by atoms with Crippen LogP contribution in [-0.4, -0.2) is 72.4 Å². The molecule has 2 aliphatic rings. The molecule has 3 atom stereocenters. The molecule has 0 bridgehead atoms. The zero-order valence-electron chi connectivity index (χ0n) is 12.0. The number of likely N-dealkylation sites (N-methyl/N-ethyl adjacent to an activating group) is 1. The summed E-state index contributed by atoms with van der Waals surface area (Å²) in [5.41, 5.74) is 0. The number of carbonyl (C=O) groups excluding carboxylic acids is 1. The third-order valence-corrected chi connectivity index (χ3v) is 4.45. The van der Waals surface area contributed by atoms with Crippen molar-refractivity contribution in [3.05, 3.63) is 0 Å². The van der Waals surface area contributed by atoms with Gasteiger partial charge in [-0.25, -0.2) is 0 Å². The monoisotopic (exact) mass is 270 g/mol. The van der Waals surface area contributed by atoms with Crippen molar-refractivity contribution in [2.75, 3.05) is 33.4 Å². The first kappa shape index (κ1) is 14.8. The fourth-order valence-electron chi connectivity index (χ4n) is 3.01. The van der Waals surface area contributed by atoms with Crippen LogP contribution in [0.25, 0.3) is 0 Å². The van der Waals surface area contributed by atoms with E-state index < -0.39 is 0 Å². The number of fused-ring (bicyclic) bond motifs is 1. The molecule has 1 saturated carbocycles. The Morgan fingerprint density at radius 3 is 2.95 bits per heavy atom. The van der Waals surface area contributed by atoms with Gasteiger partial charge in [-0.2, -0.15) is 0 Å². The lowest BCUT2D eigenvalue weighted by Gasteiger charge is -2.44. The van der Waals surface area contributed by atoms with Gasteiger partial charge in [0.25, 0.3) is 0 Å². The molecule has 1 heterocycles. The number of hydrogen-bond acceptors (Lipinski definition) is 4. The highest BCUT2D eigenvalue weighted by Crippen LogP contribution is 2.28. The Morgan fingerprint density at radius 1 is 1.47 bits per heavy atom. The van der Waals surface area contributed by atoms with Crippen LogP contribution in [0.15, 0.2) is 0 Å². The van der Waals surface area contributed by atoms with Crippen molar-refractivity contribution in [2.24, 2.45) is 0 Å². The first-order chi connectivity index (χ1) is 9.13. The molecular formula is C14H26N2O3. The van der Waals surface area contributed by atoms with Gasteiger partial charge < -0.3 is 14.7 Å². The number of nitrogens with zero attached hydrogens (tertiary/aromatic N) is 2. The molecular weight excluding hydrogens is 244 g/mol. The van der Waals surface area contributed by atoms with Gasteiger partial charge in [-0.3, -0.25) is 9.69 Å². The molecule has 1 amide bonds. The summed E-state index contributed by atoms with van der Waals surface area (Å²) in [5.74, 6) is 0.169. The Kier molecular flexibility index (Phi) is 5.19. The molecule has 5 heteroatoms. The Labute approximate surface area is 115 Å². The highest BCUT2D eigenvalue weighted by Gasteiger charge is 2.36. The molecule has 0 radical (unpaired) electrons. The fraction of sp³-hybridized carbons (Fsp3) is 0.929. The van der Waals surface area contributed by atoms with E-state index in [0.717, 1.165) is 12.8 Å². The SMILES string of the molecule is CC(CO)N(C)CC(=O)N1CCOC2CCCCC21. The van der Waals surface area contributed by atoms with Gasteiger partial charge in [0.2, 0.25) is 5.91 Å². The van der Waals surface area contributed by atoms with Crippen molar-refractivity contribution in [3.63, 3.8) is 0 Å². The maximum atomic E-state index is 12.4. The van der Waals surface area contributed by atoms with E-state index in [1.807, 2.05) is 23.8 Å². The molecule has 0 aromatic rings. The number of amides is 1. The number of aliphatic hydroxyl groups is 1. The second kappa shape index (κ2) is 6.68. The van der Waals surface area contributed by atoms with Crippen LogP contribution in [0.1, 0.15) is 32.6 Å². The molecule has 2 fully saturated rings. The second-order valence-corrected chi connectivity index (χ2v) is 5.79. The maximum absolute atomic E-state index is 12.4. The number of morpholine rings is 1. The van der Waals surface area contributed by atoms with E-state index in [9.17, 15) is 4.79 Å². The van der Waals surface area contributed by atoms with Crippen molar-refractivity contribution in [2.45, 2.75) is 50.8 Å². The zero-order chi connectivity index (χ0) is 13.8. The van der Waals surface area contributed by atoms with Gasteiger partial charge in [0.05, 0.1) is 31.9 Å². The summed E-state index contributed by atoms with van der Waals surface area (Å²) in [5, 5.41) is 9.13. The number of hydrogen-bond donors (Lipinski definition) is 1. The van der Waals surface area contributed by atoms with Gasteiger partial charge in [0.15, 0.2) is 0 Å². The minimum atomic E-state index is 0.0205. The van der Waals surface area contributed by atoms with Crippen LogP contribution in [0.2, 0.25) is 0 Å². The average Bonchev–Trinajstić information content (AvgIpc) is 2.45. The lowest BCUT2D eigenvalue weighted by molar-refractivity contribution is -0.150. The van der Waals surface area contributed by atoms with E-state index in [4.69, 9.17) is 9.84 Å². The standard InChI is InChI=1S/C14H26N2O3/c1-11(10-17)15(2)9-14(18)16-7-8-19-13-6-4-3-5-12(13)16/h11-13,17H,3-10H2,1-2H3. The predicted octanol–water partition coefficient (Wildman–Crippen LogP) is 0.469. The summed E-state index contributed by atoms with van der Waals surface area (Å²) in [7, 11) is 1.89. The Bertz CT molecular complexity index is 309. The van der Waals surface area contributed by atoms with E-state index >= 15 is 0 Å². The van der Waals surface area contributed by atoms with Crippen LogP contribution in [0.3, 0.4) is 0 Å². The van der Waals surface area contributed by atoms with Crippen LogP contribution in [0.4, 0.5) is 0 Å². The molecule has 19 heavy (non-hydrogen) atoms. The van der Waals surface area contributed by atoms with Crippen LogP contribution in [-0.2, 0) is 9.53 Å². The molecule has 0 aromatic carbocycles. The van der Waals surface area contributed by atoms with Crippen molar-refractivity contribution >= 4 is 5.91 Å². The van der Waals surface area contributed by atoms with Gasteiger partial charge in [0.1, 0.15) is 0 Å². The summed E-state index contributed by atoms with van der Waals surface area (Å²) in [6.45, 7) is 3.76. The Morgan fingerprint density at radius 2 is 2.21 bits per heavy atom. The number of carbonyl (C=O) groups is 1. The molecule has 1 aliphatic carbocycles. The Hall–Kier alpha value is -0.650. The van der Waals surface area contributed by atoms with Crippen molar-refractivity contribution in [1.29, 1.82) is 0 Å². The zero-order valence-corrected chi connectivity index (χ0v) is 12.0. The molecule has 110 valence electrons. The highest BCUT2D eigenvalue weighted by molar-refractivity contribution is 5.78. The number of ether oxygens (including phenoxy) is 1. The van der Waals surface area contributed by atoms with Gasteiger partial charge in [0, 0.05) is 12.6 Å². The fourth-order valence-corrected chi connectivity index (χ4v) is 3.01. The number of rotatable bonds is 4. The molecule has 0 aromatic heterocycles. The summed E-state index contributed by atoms with van der Waals surface area (Å²) < 4.78 is 5.79.